The van der Waals surface area contributed by atoms with Gasteiger partial charge in [0.1, 0.15) is 0 Å². The Bertz CT molecular complexity index is 395. The first-order valence-electron chi connectivity index (χ1n) is 6.28. The molecule has 1 aliphatic heterocycles. The third-order valence-corrected chi connectivity index (χ3v) is 4.25. The molecule has 0 spiro atoms. The molecule has 0 aliphatic carbocycles. The molecule has 0 fully saturated rings. The second-order valence-corrected chi connectivity index (χ2v) is 5.57. The zero-order valence-electron chi connectivity index (χ0n) is 10.3. The lowest BCUT2D eigenvalue weighted by atomic mass is 10.2. The van der Waals surface area contributed by atoms with E-state index >= 15 is 0 Å². The Labute approximate surface area is 108 Å². The second-order valence-electron chi connectivity index (χ2n) is 4.21. The minimum absolute atomic E-state index is 0.584. The standard InChI is InChI=1S/C15H19NS/c1-2-14-8-9-15(17-14)12-16-11-10-13-6-4-3-5-7-13/h3-8,12,15H,2,9-11H2,1H3. The smallest absolute Gasteiger partial charge is 0.0475 e. The first kappa shape index (κ1) is 12.4. The molecule has 1 atom stereocenters. The van der Waals surface area contributed by atoms with Gasteiger partial charge in [-0.15, -0.1) is 11.8 Å². The molecule has 0 bridgehead atoms. The number of benzene rings is 1. The van der Waals surface area contributed by atoms with E-state index < -0.39 is 0 Å². The van der Waals surface area contributed by atoms with Gasteiger partial charge in [0.25, 0.3) is 0 Å². The lowest BCUT2D eigenvalue weighted by Gasteiger charge is -2.02. The molecule has 1 heterocycles. The molecule has 0 saturated carbocycles. The summed E-state index contributed by atoms with van der Waals surface area (Å²) in [4.78, 5) is 6.06. The van der Waals surface area contributed by atoms with Gasteiger partial charge in [-0.05, 0) is 29.7 Å². The monoisotopic (exact) mass is 245 g/mol. The van der Waals surface area contributed by atoms with Crippen molar-refractivity contribution in [2.45, 2.75) is 31.4 Å². The minimum atomic E-state index is 0.584. The zero-order valence-corrected chi connectivity index (χ0v) is 11.1. The van der Waals surface area contributed by atoms with Crippen molar-refractivity contribution in [1.82, 2.24) is 0 Å². The van der Waals surface area contributed by atoms with E-state index in [-0.39, 0.29) is 0 Å². The highest BCUT2D eigenvalue weighted by molar-refractivity contribution is 8.04. The summed E-state index contributed by atoms with van der Waals surface area (Å²) in [6, 6.07) is 10.6. The molecule has 1 aromatic carbocycles. The molecular weight excluding hydrogens is 226 g/mol. The van der Waals surface area contributed by atoms with Crippen molar-refractivity contribution < 1.29 is 0 Å². The maximum absolute atomic E-state index is 4.54. The third kappa shape index (κ3) is 4.04. The van der Waals surface area contributed by atoms with Crippen molar-refractivity contribution >= 4 is 18.0 Å². The Morgan fingerprint density at radius 2 is 2.18 bits per heavy atom. The van der Waals surface area contributed by atoms with Crippen molar-refractivity contribution in [3.05, 3.63) is 46.9 Å². The Kier molecular flexibility index (Phi) is 4.87. The molecular formula is C15H19NS. The van der Waals surface area contributed by atoms with Gasteiger partial charge < -0.3 is 0 Å². The van der Waals surface area contributed by atoms with E-state index in [1.165, 1.54) is 16.9 Å². The first-order chi connectivity index (χ1) is 8.38. The van der Waals surface area contributed by atoms with Crippen LogP contribution in [0.2, 0.25) is 0 Å². The predicted octanol–water partition coefficient (Wildman–Crippen LogP) is 4.10. The van der Waals surface area contributed by atoms with Gasteiger partial charge in [0, 0.05) is 18.0 Å². The fourth-order valence-corrected chi connectivity index (χ4v) is 2.98. The molecule has 0 N–H and O–H groups in total. The summed E-state index contributed by atoms with van der Waals surface area (Å²) in [7, 11) is 0. The number of thioether (sulfide) groups is 1. The van der Waals surface area contributed by atoms with Crippen LogP contribution < -0.4 is 0 Å². The van der Waals surface area contributed by atoms with Crippen LogP contribution in [0.1, 0.15) is 25.3 Å². The molecule has 1 aliphatic rings. The summed E-state index contributed by atoms with van der Waals surface area (Å²) in [5.74, 6) is 0. The summed E-state index contributed by atoms with van der Waals surface area (Å²) < 4.78 is 0. The Morgan fingerprint density at radius 3 is 2.88 bits per heavy atom. The van der Waals surface area contributed by atoms with Crippen LogP contribution in [-0.4, -0.2) is 18.0 Å². The average Bonchev–Trinajstić information content (AvgIpc) is 2.84. The highest BCUT2D eigenvalue weighted by atomic mass is 32.2. The lowest BCUT2D eigenvalue weighted by Crippen LogP contribution is -2.00. The molecule has 90 valence electrons. The van der Waals surface area contributed by atoms with E-state index in [2.05, 4.69) is 54.5 Å². The highest BCUT2D eigenvalue weighted by Crippen LogP contribution is 2.32. The van der Waals surface area contributed by atoms with E-state index in [1.807, 2.05) is 11.8 Å². The molecule has 0 amide bonds. The first-order valence-corrected chi connectivity index (χ1v) is 7.16. The van der Waals surface area contributed by atoms with Crippen molar-refractivity contribution in [1.29, 1.82) is 0 Å². The van der Waals surface area contributed by atoms with Crippen molar-refractivity contribution in [2.24, 2.45) is 4.99 Å². The number of aliphatic imine (C=N–C) groups is 1. The fraction of sp³-hybridized carbons (Fsp3) is 0.400. The van der Waals surface area contributed by atoms with Crippen molar-refractivity contribution in [2.75, 3.05) is 6.54 Å². The number of hydrogen-bond donors (Lipinski definition) is 0. The van der Waals surface area contributed by atoms with Crippen LogP contribution in [0.15, 0.2) is 46.3 Å². The maximum atomic E-state index is 4.54. The van der Waals surface area contributed by atoms with Gasteiger partial charge in [-0.25, -0.2) is 0 Å². The summed E-state index contributed by atoms with van der Waals surface area (Å²) in [6.07, 6.45) is 7.84. The summed E-state index contributed by atoms with van der Waals surface area (Å²) in [6.45, 7) is 3.12. The van der Waals surface area contributed by atoms with Crippen molar-refractivity contribution in [3.8, 4) is 0 Å². The Balaban J connectivity index is 1.69. The molecule has 17 heavy (non-hydrogen) atoms. The van der Waals surface area contributed by atoms with E-state index in [9.17, 15) is 0 Å². The molecule has 0 saturated heterocycles. The normalized spacial score (nSPS) is 19.8. The molecule has 1 aromatic rings. The van der Waals surface area contributed by atoms with E-state index in [0.717, 1.165) is 19.4 Å². The van der Waals surface area contributed by atoms with Crippen LogP contribution >= 0.6 is 11.8 Å². The SMILES string of the molecule is CCC1=CCC(C=NCCc2ccccc2)S1. The number of nitrogens with zero attached hydrogens (tertiary/aromatic N) is 1. The Morgan fingerprint density at radius 1 is 1.35 bits per heavy atom. The van der Waals surface area contributed by atoms with Gasteiger partial charge >= 0.3 is 0 Å². The number of rotatable bonds is 5. The summed E-state index contributed by atoms with van der Waals surface area (Å²) in [5.41, 5.74) is 1.37. The van der Waals surface area contributed by atoms with Crippen molar-refractivity contribution in [3.63, 3.8) is 0 Å². The van der Waals surface area contributed by atoms with Gasteiger partial charge in [-0.3, -0.25) is 4.99 Å². The maximum Gasteiger partial charge on any atom is 0.0475 e. The number of allylic oxidation sites excluding steroid dienone is 2. The van der Waals surface area contributed by atoms with Crippen LogP contribution in [0, 0.1) is 0 Å². The predicted molar refractivity (Wildman–Crippen MR) is 77.9 cm³/mol. The topological polar surface area (TPSA) is 12.4 Å². The molecule has 1 unspecified atom stereocenters. The molecule has 0 radical (unpaired) electrons. The van der Waals surface area contributed by atoms with E-state index in [1.54, 1.807) is 0 Å². The van der Waals surface area contributed by atoms with Gasteiger partial charge in [0.15, 0.2) is 0 Å². The van der Waals surface area contributed by atoms with Crippen LogP contribution in [0.25, 0.3) is 0 Å². The fourth-order valence-electron chi connectivity index (χ4n) is 1.89. The Hall–Kier alpha value is -1.02. The van der Waals surface area contributed by atoms with Gasteiger partial charge in [-0.1, -0.05) is 43.3 Å². The van der Waals surface area contributed by atoms with E-state index in [4.69, 9.17) is 0 Å². The largest absolute Gasteiger partial charge is 0.296 e. The van der Waals surface area contributed by atoms with Crippen LogP contribution in [0.3, 0.4) is 0 Å². The minimum Gasteiger partial charge on any atom is -0.296 e. The highest BCUT2D eigenvalue weighted by Gasteiger charge is 2.13. The van der Waals surface area contributed by atoms with Crippen LogP contribution in [-0.2, 0) is 6.42 Å². The average molecular weight is 245 g/mol. The van der Waals surface area contributed by atoms with Crippen LogP contribution in [0.5, 0.6) is 0 Å². The molecule has 1 nitrogen and oxygen atoms in total. The number of hydrogen-bond acceptors (Lipinski definition) is 2. The lowest BCUT2D eigenvalue weighted by molar-refractivity contribution is 0.965. The quantitative estimate of drug-likeness (QED) is 0.711. The third-order valence-electron chi connectivity index (χ3n) is 2.87. The summed E-state index contributed by atoms with van der Waals surface area (Å²) in [5, 5.41) is 0.584. The molecule has 0 aromatic heterocycles. The second kappa shape index (κ2) is 6.65. The molecule has 2 heteroatoms. The van der Waals surface area contributed by atoms with Crippen LogP contribution in [0.4, 0.5) is 0 Å². The zero-order chi connectivity index (χ0) is 11.9. The van der Waals surface area contributed by atoms with Gasteiger partial charge in [0.2, 0.25) is 0 Å². The van der Waals surface area contributed by atoms with Gasteiger partial charge in [-0.2, -0.15) is 0 Å². The summed E-state index contributed by atoms with van der Waals surface area (Å²) >= 11 is 1.97. The van der Waals surface area contributed by atoms with Gasteiger partial charge in [0.05, 0.1) is 0 Å². The van der Waals surface area contributed by atoms with E-state index in [0.29, 0.717) is 5.25 Å². The molecule has 2 rings (SSSR count).